The van der Waals surface area contributed by atoms with Crippen molar-refractivity contribution >= 4 is 15.7 Å². The smallest absolute Gasteiger partial charge is 0.261 e. The Bertz CT molecular complexity index is 639. The summed E-state index contributed by atoms with van der Waals surface area (Å²) < 4.78 is 28.5. The third kappa shape index (κ3) is 4.47. The molecule has 1 aliphatic rings. The Labute approximate surface area is 132 Å². The van der Waals surface area contributed by atoms with E-state index in [1.165, 1.54) is 0 Å². The Balaban J connectivity index is 1.93. The van der Waals surface area contributed by atoms with Crippen molar-refractivity contribution in [2.45, 2.75) is 45.3 Å². The number of nitrogens with one attached hydrogen (secondary N) is 1. The van der Waals surface area contributed by atoms with E-state index < -0.39 is 15.9 Å². The van der Waals surface area contributed by atoms with Crippen molar-refractivity contribution in [3.8, 4) is 5.75 Å². The van der Waals surface area contributed by atoms with E-state index in [0.29, 0.717) is 18.1 Å². The van der Waals surface area contributed by atoms with Crippen LogP contribution < -0.4 is 10.1 Å². The first-order chi connectivity index (χ1) is 10.3. The van der Waals surface area contributed by atoms with Crippen LogP contribution in [0, 0.1) is 0 Å². The lowest BCUT2D eigenvalue weighted by Crippen LogP contribution is -2.43. The third-order valence-corrected chi connectivity index (χ3v) is 5.55. The molecule has 0 aliphatic carbocycles. The van der Waals surface area contributed by atoms with Gasteiger partial charge in [-0.25, -0.2) is 8.42 Å². The van der Waals surface area contributed by atoms with E-state index in [1.807, 2.05) is 24.3 Å². The monoisotopic (exact) mass is 325 g/mol. The van der Waals surface area contributed by atoms with Crippen LogP contribution in [0.4, 0.5) is 0 Å². The zero-order chi connectivity index (χ0) is 16.3. The molecule has 1 N–H and O–H groups in total. The van der Waals surface area contributed by atoms with Gasteiger partial charge in [-0.3, -0.25) is 4.79 Å². The second-order valence-electron chi connectivity index (χ2n) is 6.10. The lowest BCUT2D eigenvalue weighted by molar-refractivity contribution is -0.127. The quantitative estimate of drug-likeness (QED) is 0.897. The van der Waals surface area contributed by atoms with E-state index in [4.69, 9.17) is 4.74 Å². The first kappa shape index (κ1) is 16.8. The van der Waals surface area contributed by atoms with Gasteiger partial charge in [-0.15, -0.1) is 0 Å². The second-order valence-corrected chi connectivity index (χ2v) is 8.32. The van der Waals surface area contributed by atoms with E-state index in [9.17, 15) is 13.2 Å². The Morgan fingerprint density at radius 1 is 1.32 bits per heavy atom. The van der Waals surface area contributed by atoms with E-state index in [-0.39, 0.29) is 23.5 Å². The first-order valence-corrected chi connectivity index (χ1v) is 9.36. The molecule has 1 heterocycles. The number of benzene rings is 1. The summed E-state index contributed by atoms with van der Waals surface area (Å²) in [4.78, 5) is 12.1. The molecule has 1 aromatic carbocycles. The average Bonchev–Trinajstić information content (AvgIpc) is 2.78. The Hall–Kier alpha value is -1.56. The molecule has 0 bridgehead atoms. The minimum absolute atomic E-state index is 0.0221. The molecule has 1 saturated heterocycles. The molecule has 0 aromatic heterocycles. The summed E-state index contributed by atoms with van der Waals surface area (Å²) in [5.74, 6) is 0.916. The maximum Gasteiger partial charge on any atom is 0.261 e. The Morgan fingerprint density at radius 3 is 2.64 bits per heavy atom. The molecule has 2 unspecified atom stereocenters. The van der Waals surface area contributed by atoms with Crippen molar-refractivity contribution < 1.29 is 17.9 Å². The van der Waals surface area contributed by atoms with Gasteiger partial charge in [0, 0.05) is 6.04 Å². The van der Waals surface area contributed by atoms with Crippen molar-refractivity contribution in [1.29, 1.82) is 0 Å². The summed E-state index contributed by atoms with van der Waals surface area (Å²) >= 11 is 0. The summed E-state index contributed by atoms with van der Waals surface area (Å²) in [7, 11) is -3.00. The van der Waals surface area contributed by atoms with Crippen molar-refractivity contribution in [2.75, 3.05) is 11.5 Å². The SMILES string of the molecule is CC(Oc1cccc(C(C)C)c1)C(=O)NC1CCS(=O)(=O)C1. The number of rotatable bonds is 5. The van der Waals surface area contributed by atoms with Gasteiger partial charge in [0.25, 0.3) is 5.91 Å². The minimum atomic E-state index is -3.00. The molecule has 0 saturated carbocycles. The maximum atomic E-state index is 12.1. The standard InChI is InChI=1S/C16H23NO4S/c1-11(2)13-5-4-6-15(9-13)21-12(3)16(18)17-14-7-8-22(19,20)10-14/h4-6,9,11-12,14H,7-8,10H2,1-3H3,(H,17,18). The molecule has 1 aliphatic heterocycles. The van der Waals surface area contributed by atoms with Crippen LogP contribution in [-0.4, -0.2) is 38.0 Å². The number of hydrogen-bond donors (Lipinski definition) is 1. The third-order valence-electron chi connectivity index (χ3n) is 3.79. The molecule has 1 amide bonds. The average molecular weight is 325 g/mol. The van der Waals surface area contributed by atoms with E-state index >= 15 is 0 Å². The normalized spacial score (nSPS) is 21.5. The molecule has 0 radical (unpaired) electrons. The summed E-state index contributed by atoms with van der Waals surface area (Å²) in [5.41, 5.74) is 1.15. The number of amides is 1. The Kier molecular flexibility index (Phi) is 5.11. The van der Waals surface area contributed by atoms with E-state index in [0.717, 1.165) is 5.56 Å². The van der Waals surface area contributed by atoms with Crippen molar-refractivity contribution in [3.63, 3.8) is 0 Å². The van der Waals surface area contributed by atoms with Gasteiger partial charge in [-0.05, 0) is 37.0 Å². The van der Waals surface area contributed by atoms with Gasteiger partial charge in [0.1, 0.15) is 5.75 Å². The fourth-order valence-corrected chi connectivity index (χ4v) is 4.11. The molecule has 22 heavy (non-hydrogen) atoms. The van der Waals surface area contributed by atoms with Gasteiger partial charge in [0.15, 0.2) is 15.9 Å². The topological polar surface area (TPSA) is 72.5 Å². The lowest BCUT2D eigenvalue weighted by Gasteiger charge is -2.18. The van der Waals surface area contributed by atoms with Crippen LogP contribution in [0.3, 0.4) is 0 Å². The largest absolute Gasteiger partial charge is 0.481 e. The van der Waals surface area contributed by atoms with Crippen LogP contribution in [0.1, 0.15) is 38.7 Å². The van der Waals surface area contributed by atoms with Gasteiger partial charge < -0.3 is 10.1 Å². The second kappa shape index (κ2) is 6.69. The van der Waals surface area contributed by atoms with Gasteiger partial charge >= 0.3 is 0 Å². The predicted molar refractivity (Wildman–Crippen MR) is 85.8 cm³/mol. The zero-order valence-corrected chi connectivity index (χ0v) is 14.0. The lowest BCUT2D eigenvalue weighted by atomic mass is 10.0. The summed E-state index contributed by atoms with van der Waals surface area (Å²) in [6.45, 7) is 5.85. The number of ether oxygens (including phenoxy) is 1. The summed E-state index contributed by atoms with van der Waals surface area (Å²) in [5, 5.41) is 2.75. The molecular formula is C16H23NO4S. The van der Waals surface area contributed by atoms with Gasteiger partial charge in [0.05, 0.1) is 11.5 Å². The van der Waals surface area contributed by atoms with Gasteiger partial charge in [-0.1, -0.05) is 26.0 Å². The molecule has 1 aromatic rings. The first-order valence-electron chi connectivity index (χ1n) is 7.54. The van der Waals surface area contributed by atoms with Gasteiger partial charge in [0.2, 0.25) is 0 Å². The Morgan fingerprint density at radius 2 is 2.05 bits per heavy atom. The van der Waals surface area contributed by atoms with Crippen LogP contribution in [0.5, 0.6) is 5.75 Å². The van der Waals surface area contributed by atoms with Crippen LogP contribution in [0.2, 0.25) is 0 Å². The van der Waals surface area contributed by atoms with E-state index in [2.05, 4.69) is 19.2 Å². The van der Waals surface area contributed by atoms with Crippen molar-refractivity contribution in [1.82, 2.24) is 5.32 Å². The molecular weight excluding hydrogens is 302 g/mol. The highest BCUT2D eigenvalue weighted by Gasteiger charge is 2.30. The molecule has 1 fully saturated rings. The number of carbonyl (C=O) groups is 1. The molecule has 5 nitrogen and oxygen atoms in total. The van der Waals surface area contributed by atoms with Crippen LogP contribution in [0.25, 0.3) is 0 Å². The number of sulfone groups is 1. The van der Waals surface area contributed by atoms with Crippen molar-refractivity contribution in [3.05, 3.63) is 29.8 Å². The highest BCUT2D eigenvalue weighted by Crippen LogP contribution is 2.21. The predicted octanol–water partition coefficient (Wildman–Crippen LogP) is 1.88. The summed E-state index contributed by atoms with van der Waals surface area (Å²) in [6.07, 6.45) is -0.186. The van der Waals surface area contributed by atoms with Gasteiger partial charge in [-0.2, -0.15) is 0 Å². The van der Waals surface area contributed by atoms with Crippen LogP contribution in [-0.2, 0) is 14.6 Å². The number of hydrogen-bond acceptors (Lipinski definition) is 4. The van der Waals surface area contributed by atoms with Crippen molar-refractivity contribution in [2.24, 2.45) is 0 Å². The summed E-state index contributed by atoms with van der Waals surface area (Å²) in [6, 6.07) is 7.36. The fraction of sp³-hybridized carbons (Fsp3) is 0.562. The highest BCUT2D eigenvalue weighted by atomic mass is 32.2. The highest BCUT2D eigenvalue weighted by molar-refractivity contribution is 7.91. The molecule has 2 rings (SSSR count). The maximum absolute atomic E-state index is 12.1. The van der Waals surface area contributed by atoms with E-state index in [1.54, 1.807) is 6.92 Å². The molecule has 6 heteroatoms. The molecule has 2 atom stereocenters. The molecule has 0 spiro atoms. The number of carbonyl (C=O) groups excluding carboxylic acids is 1. The van der Waals surface area contributed by atoms with Crippen LogP contribution >= 0.6 is 0 Å². The molecule has 122 valence electrons. The van der Waals surface area contributed by atoms with Crippen LogP contribution in [0.15, 0.2) is 24.3 Å². The minimum Gasteiger partial charge on any atom is -0.481 e. The fourth-order valence-electron chi connectivity index (χ4n) is 2.43. The zero-order valence-electron chi connectivity index (χ0n) is 13.2.